The van der Waals surface area contributed by atoms with Crippen LogP contribution in [0.1, 0.15) is 43.3 Å². The number of oxazole rings is 1. The zero-order valence-corrected chi connectivity index (χ0v) is 18.9. The molecule has 3 N–H and O–H groups in total. The monoisotopic (exact) mass is 442 g/mol. The molecule has 1 aromatic carbocycles. The summed E-state index contributed by atoms with van der Waals surface area (Å²) in [6.07, 6.45) is 1.62. The molecule has 1 amide bonds. The number of rotatable bonds is 5. The molecule has 3 heterocycles. The number of hydrogen-bond donors (Lipinski definition) is 3. The minimum Gasteiger partial charge on any atom is -0.508 e. The molecule has 9 heteroatoms. The first-order valence-corrected chi connectivity index (χ1v) is 10.8. The zero-order valence-electron chi connectivity index (χ0n) is 18.1. The van der Waals surface area contributed by atoms with Crippen molar-refractivity contribution in [2.45, 2.75) is 46.8 Å². The number of anilines is 1. The van der Waals surface area contributed by atoms with E-state index in [1.807, 2.05) is 13.8 Å². The van der Waals surface area contributed by atoms with Gasteiger partial charge in [-0.3, -0.25) is 10.1 Å². The molecule has 0 saturated heterocycles. The Balaban J connectivity index is 0.00000132. The summed E-state index contributed by atoms with van der Waals surface area (Å²) < 4.78 is 7.23. The lowest BCUT2D eigenvalue weighted by atomic mass is 10.1. The molecule has 0 unspecified atom stereocenters. The van der Waals surface area contributed by atoms with Crippen LogP contribution in [0.5, 0.6) is 5.75 Å². The fourth-order valence-corrected chi connectivity index (χ4v) is 3.84. The van der Waals surface area contributed by atoms with Gasteiger partial charge in [-0.1, -0.05) is 13.8 Å². The van der Waals surface area contributed by atoms with E-state index < -0.39 is 5.60 Å². The predicted octanol–water partition coefficient (Wildman–Crippen LogP) is 4.82. The Morgan fingerprint density at radius 2 is 2.00 bits per heavy atom. The molecule has 0 fully saturated rings. The number of benzene rings is 1. The van der Waals surface area contributed by atoms with Crippen LogP contribution in [0.4, 0.5) is 5.95 Å². The fraction of sp³-hybridized carbons (Fsp3) is 0.318. The van der Waals surface area contributed by atoms with Crippen LogP contribution in [0, 0.1) is 6.92 Å². The van der Waals surface area contributed by atoms with Gasteiger partial charge in [0.05, 0.1) is 39.1 Å². The van der Waals surface area contributed by atoms with E-state index in [0.29, 0.717) is 33.5 Å². The smallest absolute Gasteiger partial charge is 0.268 e. The van der Waals surface area contributed by atoms with Gasteiger partial charge in [0.25, 0.3) is 5.91 Å². The van der Waals surface area contributed by atoms with Crippen LogP contribution in [-0.4, -0.2) is 36.3 Å². The normalized spacial score (nSPS) is 11.3. The molecule has 4 rings (SSSR count). The Kier molecular flexibility index (Phi) is 6.47. The van der Waals surface area contributed by atoms with E-state index in [4.69, 9.17) is 4.42 Å². The molecule has 0 aliphatic rings. The van der Waals surface area contributed by atoms with Crippen molar-refractivity contribution >= 4 is 34.2 Å². The summed E-state index contributed by atoms with van der Waals surface area (Å²) in [5.74, 6) is 1.21. The second-order valence-electron chi connectivity index (χ2n) is 7.37. The molecule has 4 aromatic rings. The Morgan fingerprint density at radius 1 is 1.26 bits per heavy atom. The first kappa shape index (κ1) is 22.5. The minimum absolute atomic E-state index is 0.0773. The largest absolute Gasteiger partial charge is 0.508 e. The number of phenols is 1. The molecule has 31 heavy (non-hydrogen) atoms. The van der Waals surface area contributed by atoms with Crippen molar-refractivity contribution in [2.24, 2.45) is 0 Å². The molecule has 8 nitrogen and oxygen atoms in total. The molecular formula is C22H26N4O4S. The van der Waals surface area contributed by atoms with Gasteiger partial charge >= 0.3 is 0 Å². The van der Waals surface area contributed by atoms with Crippen LogP contribution in [-0.2, 0) is 6.54 Å². The van der Waals surface area contributed by atoms with E-state index in [1.54, 1.807) is 55.8 Å². The van der Waals surface area contributed by atoms with Gasteiger partial charge in [0.15, 0.2) is 11.7 Å². The topological polar surface area (TPSA) is 113 Å². The van der Waals surface area contributed by atoms with Crippen LogP contribution in [0.3, 0.4) is 0 Å². The van der Waals surface area contributed by atoms with Crippen molar-refractivity contribution in [1.82, 2.24) is 14.5 Å². The van der Waals surface area contributed by atoms with E-state index in [9.17, 15) is 15.0 Å². The quantitative estimate of drug-likeness (QED) is 0.408. The third-order valence-corrected chi connectivity index (χ3v) is 5.29. The van der Waals surface area contributed by atoms with Gasteiger partial charge in [0.2, 0.25) is 5.95 Å². The van der Waals surface area contributed by atoms with Crippen molar-refractivity contribution in [1.29, 1.82) is 0 Å². The molecule has 0 aliphatic carbocycles. The third-order valence-electron chi connectivity index (χ3n) is 4.20. The van der Waals surface area contributed by atoms with Gasteiger partial charge in [-0.2, -0.15) is 0 Å². The van der Waals surface area contributed by atoms with Crippen molar-refractivity contribution < 1.29 is 19.4 Å². The van der Waals surface area contributed by atoms with E-state index in [2.05, 4.69) is 15.3 Å². The summed E-state index contributed by atoms with van der Waals surface area (Å²) in [5.41, 5.74) is 0.198. The summed E-state index contributed by atoms with van der Waals surface area (Å²) in [4.78, 5) is 22.6. The molecule has 164 valence electrons. The number of fused-ring (bicyclic) bond motifs is 1. The van der Waals surface area contributed by atoms with Gasteiger partial charge in [-0.15, -0.1) is 11.3 Å². The number of nitrogens with zero attached hydrogens (tertiary/aromatic N) is 3. The van der Waals surface area contributed by atoms with Gasteiger partial charge in [-0.25, -0.2) is 9.97 Å². The van der Waals surface area contributed by atoms with Crippen molar-refractivity contribution in [3.8, 4) is 16.4 Å². The van der Waals surface area contributed by atoms with Gasteiger partial charge in [0, 0.05) is 13.0 Å². The molecule has 0 bridgehead atoms. The number of aryl methyl sites for hydroxylation is 1. The highest BCUT2D eigenvalue weighted by atomic mass is 32.1. The van der Waals surface area contributed by atoms with Crippen LogP contribution in [0.15, 0.2) is 40.9 Å². The molecule has 0 atom stereocenters. The molecule has 0 aliphatic heterocycles. The molecular weight excluding hydrogens is 416 g/mol. The second-order valence-corrected chi connectivity index (χ2v) is 8.45. The number of phenolic OH excluding ortho intramolecular Hbond substituents is 1. The number of thiophene rings is 1. The predicted molar refractivity (Wildman–Crippen MR) is 122 cm³/mol. The zero-order chi connectivity index (χ0) is 22.8. The minimum atomic E-state index is -1.02. The number of nitrogens with one attached hydrogen (secondary N) is 1. The van der Waals surface area contributed by atoms with E-state index >= 15 is 0 Å². The number of hydrogen-bond acceptors (Lipinski definition) is 7. The lowest BCUT2D eigenvalue weighted by Gasteiger charge is -2.20. The number of carbonyl (C=O) groups excluding carboxylic acids is 1. The Labute approximate surface area is 184 Å². The van der Waals surface area contributed by atoms with Crippen LogP contribution in [0.2, 0.25) is 0 Å². The summed E-state index contributed by atoms with van der Waals surface area (Å²) in [5, 5.41) is 22.8. The number of imidazole rings is 1. The highest BCUT2D eigenvalue weighted by Gasteiger charge is 2.22. The standard InChI is InChI=1S/C20H20N4O4S.C2H6/c1-11-21-9-15(28-11)16-6-7-17(29-16)18(26)23-19-22-13-8-12(25)4-5-14(13)24(19)10-20(2,3)27;1-2/h4-9,25,27H,10H2,1-3H3,(H,22,23,26);1-2H3. The van der Waals surface area contributed by atoms with Crippen molar-refractivity contribution in [2.75, 3.05) is 5.32 Å². The number of carbonyl (C=O) groups is 1. The number of aromatic nitrogens is 3. The maximum absolute atomic E-state index is 12.8. The van der Waals surface area contributed by atoms with Gasteiger partial charge < -0.3 is 19.2 Å². The number of aromatic hydroxyl groups is 1. The van der Waals surface area contributed by atoms with E-state index in [-0.39, 0.29) is 18.2 Å². The fourth-order valence-electron chi connectivity index (χ4n) is 2.99. The molecule has 0 saturated carbocycles. The van der Waals surface area contributed by atoms with Crippen LogP contribution in [0.25, 0.3) is 21.7 Å². The maximum atomic E-state index is 12.8. The summed E-state index contributed by atoms with van der Waals surface area (Å²) in [6, 6.07) is 8.27. The van der Waals surface area contributed by atoms with Crippen LogP contribution >= 0.6 is 11.3 Å². The highest BCUT2D eigenvalue weighted by molar-refractivity contribution is 7.17. The lowest BCUT2D eigenvalue weighted by molar-refractivity contribution is 0.0630. The van der Waals surface area contributed by atoms with Crippen LogP contribution < -0.4 is 5.32 Å². The molecule has 0 radical (unpaired) electrons. The Hall–Kier alpha value is -3.17. The SMILES string of the molecule is CC.Cc1ncc(-c2ccc(C(=O)Nc3nc4cc(O)ccc4n3CC(C)(C)O)s2)o1. The second kappa shape index (κ2) is 8.91. The Morgan fingerprint density at radius 3 is 2.65 bits per heavy atom. The summed E-state index contributed by atoms with van der Waals surface area (Å²) >= 11 is 1.28. The van der Waals surface area contributed by atoms with E-state index in [1.165, 1.54) is 17.4 Å². The number of amides is 1. The average molecular weight is 443 g/mol. The van der Waals surface area contributed by atoms with E-state index in [0.717, 1.165) is 4.88 Å². The van der Waals surface area contributed by atoms with Crippen molar-refractivity contribution in [3.05, 3.63) is 47.3 Å². The summed E-state index contributed by atoms with van der Waals surface area (Å²) in [6.45, 7) is 9.33. The average Bonchev–Trinajstić information content (AvgIpc) is 3.42. The number of aliphatic hydroxyl groups is 1. The van der Waals surface area contributed by atoms with Gasteiger partial charge in [-0.05, 0) is 38.1 Å². The Bertz CT molecular complexity index is 1200. The highest BCUT2D eigenvalue weighted by Crippen LogP contribution is 2.30. The third kappa shape index (κ3) is 5.12. The first-order valence-electron chi connectivity index (χ1n) is 9.95. The maximum Gasteiger partial charge on any atom is 0.268 e. The first-order chi connectivity index (χ1) is 14.7. The lowest BCUT2D eigenvalue weighted by Crippen LogP contribution is -2.27. The summed E-state index contributed by atoms with van der Waals surface area (Å²) in [7, 11) is 0. The molecule has 3 aromatic heterocycles. The molecule has 0 spiro atoms. The van der Waals surface area contributed by atoms with Gasteiger partial charge in [0.1, 0.15) is 5.75 Å². The van der Waals surface area contributed by atoms with Crippen molar-refractivity contribution in [3.63, 3.8) is 0 Å².